The molecule has 8 nitrogen and oxygen atoms in total. The van der Waals surface area contributed by atoms with Crippen molar-refractivity contribution in [2.24, 2.45) is 4.99 Å². The molecular weight excluding hydrogens is 485 g/mol. The summed E-state index contributed by atoms with van der Waals surface area (Å²) < 4.78 is 30.0. The Hall–Kier alpha value is -3.79. The van der Waals surface area contributed by atoms with Crippen LogP contribution < -0.4 is 14.8 Å². The molecule has 0 spiro atoms. The molecule has 0 fully saturated rings. The maximum atomic E-state index is 14.2. The Kier molecular flexibility index (Phi) is 6.69. The molecule has 0 radical (unpaired) electrons. The van der Waals surface area contributed by atoms with E-state index in [1.54, 1.807) is 12.1 Å². The summed E-state index contributed by atoms with van der Waals surface area (Å²) in [6, 6.07) is 10.9. The smallest absolute Gasteiger partial charge is 0.338 e. The molecule has 36 heavy (non-hydrogen) atoms. The lowest BCUT2D eigenvalue weighted by Gasteiger charge is -2.36. The van der Waals surface area contributed by atoms with Gasteiger partial charge in [0.05, 0.1) is 30.8 Å². The number of aliphatic imine (C=N–C) groups is 1. The zero-order valence-electron chi connectivity index (χ0n) is 19.7. The third-order valence-corrected chi connectivity index (χ3v) is 6.95. The van der Waals surface area contributed by atoms with Crippen LogP contribution in [0, 0.1) is 5.82 Å². The number of nitrogens with zero attached hydrogens (tertiary/aromatic N) is 2. The molecule has 5 rings (SSSR count). The van der Waals surface area contributed by atoms with E-state index in [9.17, 15) is 14.0 Å². The molecule has 2 aromatic rings. The first kappa shape index (κ1) is 23.9. The van der Waals surface area contributed by atoms with Gasteiger partial charge in [-0.3, -0.25) is 4.79 Å². The lowest BCUT2D eigenvalue weighted by molar-refractivity contribution is -0.136. The van der Waals surface area contributed by atoms with Crippen LogP contribution >= 0.6 is 11.8 Å². The second-order valence-corrected chi connectivity index (χ2v) is 9.13. The van der Waals surface area contributed by atoms with Crippen LogP contribution in [-0.4, -0.2) is 35.8 Å². The van der Waals surface area contributed by atoms with E-state index < -0.39 is 17.8 Å². The highest BCUT2D eigenvalue weighted by atomic mass is 32.2. The number of benzene rings is 2. The van der Waals surface area contributed by atoms with Crippen molar-refractivity contribution in [3.8, 4) is 11.5 Å². The highest BCUT2D eigenvalue weighted by molar-refractivity contribution is 8.16. The number of carbonyl (C=O) groups is 2. The van der Waals surface area contributed by atoms with Gasteiger partial charge in [-0.25, -0.2) is 14.2 Å². The highest BCUT2D eigenvalue weighted by Crippen LogP contribution is 2.45. The third-order valence-electron chi connectivity index (χ3n) is 6.06. The number of fused-ring (bicyclic) bond motifs is 2. The molecule has 2 aromatic carbocycles. The summed E-state index contributed by atoms with van der Waals surface area (Å²) in [5, 5.41) is 5.40. The van der Waals surface area contributed by atoms with Crippen molar-refractivity contribution >= 4 is 28.8 Å². The summed E-state index contributed by atoms with van der Waals surface area (Å²) in [7, 11) is 1.31. The fourth-order valence-corrected chi connectivity index (χ4v) is 5.32. The maximum Gasteiger partial charge on any atom is 0.338 e. The van der Waals surface area contributed by atoms with Crippen LogP contribution in [-0.2, 0) is 20.9 Å². The van der Waals surface area contributed by atoms with E-state index in [2.05, 4.69) is 10.3 Å². The van der Waals surface area contributed by atoms with Gasteiger partial charge in [0.1, 0.15) is 5.82 Å². The third kappa shape index (κ3) is 4.56. The maximum absolute atomic E-state index is 14.2. The van der Waals surface area contributed by atoms with E-state index in [-0.39, 0.29) is 19.1 Å². The molecule has 3 aliphatic heterocycles. The van der Waals surface area contributed by atoms with E-state index in [0.29, 0.717) is 52.2 Å². The van der Waals surface area contributed by atoms with Crippen LogP contribution in [0.4, 0.5) is 4.39 Å². The van der Waals surface area contributed by atoms with Crippen LogP contribution in [0.15, 0.2) is 69.8 Å². The minimum Gasteiger partial charge on any atom is -0.466 e. The molecule has 1 N–H and O–H groups in total. The molecule has 186 valence electrons. The number of ether oxygens (including phenoxy) is 3. The van der Waals surface area contributed by atoms with Gasteiger partial charge < -0.3 is 24.4 Å². The summed E-state index contributed by atoms with van der Waals surface area (Å²) in [6.07, 6.45) is 0.553. The zero-order chi connectivity index (χ0) is 25.2. The lowest BCUT2D eigenvalue weighted by atomic mass is 9.93. The fourth-order valence-electron chi connectivity index (χ4n) is 4.38. The summed E-state index contributed by atoms with van der Waals surface area (Å²) in [4.78, 5) is 32.3. The van der Waals surface area contributed by atoms with Crippen LogP contribution in [0.5, 0.6) is 11.5 Å². The van der Waals surface area contributed by atoms with Gasteiger partial charge in [0, 0.05) is 12.2 Å². The van der Waals surface area contributed by atoms with Gasteiger partial charge in [0.15, 0.2) is 16.7 Å². The van der Waals surface area contributed by atoms with Gasteiger partial charge in [-0.05, 0) is 47.2 Å². The molecule has 0 saturated carbocycles. The van der Waals surface area contributed by atoms with Crippen molar-refractivity contribution in [2.45, 2.75) is 32.4 Å². The van der Waals surface area contributed by atoms with Crippen molar-refractivity contribution in [1.29, 1.82) is 0 Å². The Morgan fingerprint density at radius 1 is 1.22 bits per heavy atom. The van der Waals surface area contributed by atoms with Crippen LogP contribution in [0.2, 0.25) is 0 Å². The van der Waals surface area contributed by atoms with Gasteiger partial charge >= 0.3 is 5.97 Å². The summed E-state index contributed by atoms with van der Waals surface area (Å²) >= 11 is 1.37. The zero-order valence-corrected chi connectivity index (χ0v) is 20.6. The largest absolute Gasteiger partial charge is 0.466 e. The van der Waals surface area contributed by atoms with Gasteiger partial charge in [-0.15, -0.1) is 0 Å². The number of thioether (sulfide) groups is 1. The van der Waals surface area contributed by atoms with Gasteiger partial charge in [-0.2, -0.15) is 0 Å². The number of allylic oxidation sites excluding steroid dienone is 1. The van der Waals surface area contributed by atoms with E-state index in [4.69, 9.17) is 14.2 Å². The van der Waals surface area contributed by atoms with E-state index in [1.165, 1.54) is 31.0 Å². The van der Waals surface area contributed by atoms with Crippen molar-refractivity contribution < 1.29 is 28.2 Å². The first-order valence-corrected chi connectivity index (χ1v) is 12.3. The highest BCUT2D eigenvalue weighted by Gasteiger charge is 2.41. The average Bonchev–Trinajstić information content (AvgIpc) is 3.52. The predicted octanol–water partition coefficient (Wildman–Crippen LogP) is 4.40. The van der Waals surface area contributed by atoms with Crippen LogP contribution in [0.3, 0.4) is 0 Å². The predicted molar refractivity (Wildman–Crippen MR) is 132 cm³/mol. The van der Waals surface area contributed by atoms with Gasteiger partial charge in [0.2, 0.25) is 12.7 Å². The van der Waals surface area contributed by atoms with Crippen LogP contribution in [0.1, 0.15) is 36.9 Å². The number of hydrogen-bond acceptors (Lipinski definition) is 8. The summed E-state index contributed by atoms with van der Waals surface area (Å²) in [5.74, 6) is 0.172. The number of hydrogen-bond donors (Lipinski definition) is 1. The van der Waals surface area contributed by atoms with Crippen LogP contribution in [0.25, 0.3) is 0 Å². The number of nitrogens with one attached hydrogen (secondary N) is 1. The second-order valence-electron chi connectivity index (χ2n) is 8.30. The molecule has 0 aromatic heterocycles. The first-order valence-electron chi connectivity index (χ1n) is 11.4. The molecule has 1 amide bonds. The topological polar surface area (TPSA) is 89.5 Å². The minimum atomic E-state index is -0.668. The number of methoxy groups -OCH3 is 1. The molecule has 3 heterocycles. The number of halogens is 1. The van der Waals surface area contributed by atoms with Gasteiger partial charge in [0.25, 0.3) is 0 Å². The Morgan fingerprint density at radius 3 is 2.83 bits per heavy atom. The minimum absolute atomic E-state index is 0.0539. The van der Waals surface area contributed by atoms with E-state index >= 15 is 0 Å². The summed E-state index contributed by atoms with van der Waals surface area (Å²) in [5.41, 5.74) is 3.03. The Balaban J connectivity index is 1.38. The number of esters is 1. The number of rotatable bonds is 7. The van der Waals surface area contributed by atoms with Crippen molar-refractivity contribution in [3.05, 3.63) is 81.8 Å². The molecule has 1 atom stereocenters. The Bertz CT molecular complexity index is 1320. The number of amidine groups is 1. The van der Waals surface area contributed by atoms with E-state index in [0.717, 1.165) is 5.56 Å². The lowest BCUT2D eigenvalue weighted by Crippen LogP contribution is -2.38. The Labute approximate surface area is 211 Å². The normalized spacial score (nSPS) is 18.0. The molecule has 3 aliphatic rings. The summed E-state index contributed by atoms with van der Waals surface area (Å²) in [6.45, 7) is 2.40. The monoisotopic (exact) mass is 509 g/mol. The average molecular weight is 510 g/mol. The molecular formula is C26H24FN3O5S. The molecule has 0 bridgehead atoms. The van der Waals surface area contributed by atoms with Crippen molar-refractivity contribution in [2.75, 3.05) is 13.9 Å². The van der Waals surface area contributed by atoms with Gasteiger partial charge in [-0.1, -0.05) is 36.9 Å². The quantitative estimate of drug-likeness (QED) is 0.554. The van der Waals surface area contributed by atoms with E-state index in [1.807, 2.05) is 35.4 Å². The fraction of sp³-hybridized carbons (Fsp3) is 0.269. The SMILES string of the molecule is CCC1=C(C(=O)OC)[C@H](c2cccc(F)c2)N2C(CC(=O)NCc3ccc4c(c3)OCO4)=CSC2=N1. The number of amides is 1. The molecule has 0 saturated heterocycles. The molecule has 0 unspecified atom stereocenters. The Morgan fingerprint density at radius 2 is 2.06 bits per heavy atom. The second kappa shape index (κ2) is 10.1. The van der Waals surface area contributed by atoms with Crippen molar-refractivity contribution in [1.82, 2.24) is 10.2 Å². The standard InChI is InChI=1S/C26H24FN3O5S/c1-3-19-23(25(32)33-2)24(16-5-4-6-17(27)10-16)30-18(13-36-26(30)29-19)11-22(31)28-12-15-7-8-20-21(9-15)35-14-34-20/h4-10,13,24H,3,11-12,14H2,1-2H3,(H,28,31)/t24-/m0/s1. The first-order chi connectivity index (χ1) is 17.5. The van der Waals surface area contributed by atoms with Crippen molar-refractivity contribution in [3.63, 3.8) is 0 Å². The molecule has 0 aliphatic carbocycles. The molecule has 10 heteroatoms. The number of carbonyl (C=O) groups excluding carboxylic acids is 2.